The van der Waals surface area contributed by atoms with Crippen LogP contribution in [0.25, 0.3) is 0 Å². The fourth-order valence-electron chi connectivity index (χ4n) is 2.70. The first-order chi connectivity index (χ1) is 9.65. The van der Waals surface area contributed by atoms with E-state index in [1.54, 1.807) is 0 Å². The molecule has 0 fully saturated rings. The molecule has 0 rings (SSSR count). The van der Waals surface area contributed by atoms with Crippen molar-refractivity contribution in [3.05, 3.63) is 12.3 Å². The summed E-state index contributed by atoms with van der Waals surface area (Å²) in [4.78, 5) is 0. The van der Waals surface area contributed by atoms with Gasteiger partial charge in [-0.25, -0.2) is 0 Å². The van der Waals surface area contributed by atoms with Gasteiger partial charge in [0.25, 0.3) is 0 Å². The molecular weight excluding hydrogens is 288 g/mol. The molecule has 0 saturated carbocycles. The molecule has 0 bridgehead atoms. The molecule has 4 heteroatoms. The van der Waals surface area contributed by atoms with Gasteiger partial charge in [-0.2, -0.15) is 0 Å². The van der Waals surface area contributed by atoms with Crippen LogP contribution >= 0.6 is 0 Å². The van der Waals surface area contributed by atoms with Gasteiger partial charge in [-0.1, -0.05) is 57.7 Å². The molecule has 0 spiro atoms. The predicted molar refractivity (Wildman–Crippen MR) is 104 cm³/mol. The fraction of sp³-hybridized carbons (Fsp3) is 0.882. The quantitative estimate of drug-likeness (QED) is 0.369. The van der Waals surface area contributed by atoms with Crippen LogP contribution in [0, 0.1) is 0 Å². The summed E-state index contributed by atoms with van der Waals surface area (Å²) >= 11 is 0. The Morgan fingerprint density at radius 3 is 1.48 bits per heavy atom. The molecule has 0 aromatic carbocycles. The third-order valence-electron chi connectivity index (χ3n) is 5.20. The van der Waals surface area contributed by atoms with Crippen molar-refractivity contribution >= 4 is 16.5 Å². The monoisotopic (exact) mass is 328 g/mol. The topological polar surface area (TPSA) is 6.48 Å². The summed E-state index contributed by atoms with van der Waals surface area (Å²) in [6, 6.07) is 2.81. The maximum absolute atomic E-state index is 3.98. The zero-order valence-electron chi connectivity index (χ0n) is 15.8. The number of hydrogen-bond acceptors (Lipinski definition) is 2. The minimum Gasteiger partial charge on any atom is -0.317 e. The van der Waals surface area contributed by atoms with Crippen molar-refractivity contribution in [1.29, 1.82) is 0 Å². The molecule has 0 atom stereocenters. The van der Waals surface area contributed by atoms with Crippen LogP contribution in [-0.4, -0.2) is 53.8 Å². The van der Waals surface area contributed by atoms with Crippen LogP contribution in [0.3, 0.4) is 0 Å². The van der Waals surface area contributed by atoms with Gasteiger partial charge >= 0.3 is 0 Å². The van der Waals surface area contributed by atoms with Crippen molar-refractivity contribution in [3.63, 3.8) is 0 Å². The maximum atomic E-state index is 3.98. The minimum absolute atomic E-state index is 1.04. The van der Waals surface area contributed by atoms with E-state index in [1.807, 2.05) is 0 Å². The Balaban J connectivity index is 3.71. The molecule has 0 radical (unpaired) electrons. The largest absolute Gasteiger partial charge is 0.317 e. The van der Waals surface area contributed by atoms with Crippen LogP contribution in [0.5, 0.6) is 0 Å². The van der Waals surface area contributed by atoms with E-state index in [0.29, 0.717) is 0 Å². The lowest BCUT2D eigenvalue weighted by atomic mass is 10.1. The van der Waals surface area contributed by atoms with Crippen LogP contribution in [0.15, 0.2) is 12.3 Å². The van der Waals surface area contributed by atoms with Gasteiger partial charge < -0.3 is 9.13 Å². The van der Waals surface area contributed by atoms with Gasteiger partial charge in [0.2, 0.25) is 8.40 Å². The lowest BCUT2D eigenvalue weighted by Crippen LogP contribution is -2.58. The molecule has 0 heterocycles. The number of rotatable bonds is 12. The van der Waals surface area contributed by atoms with E-state index >= 15 is 0 Å². The molecule has 0 unspecified atom stereocenters. The van der Waals surface area contributed by atoms with E-state index in [1.165, 1.54) is 50.6 Å². The van der Waals surface area contributed by atoms with E-state index in [0.717, 1.165) is 0 Å². The molecular formula is C17H40N2Si2. The summed E-state index contributed by atoms with van der Waals surface area (Å²) in [5.41, 5.74) is 2.24. The summed E-state index contributed by atoms with van der Waals surface area (Å²) in [5.74, 6) is 0. The second-order valence-electron chi connectivity index (χ2n) is 7.82. The summed E-state index contributed by atoms with van der Waals surface area (Å²) in [6.45, 7) is 11.3. The second-order valence-corrected chi connectivity index (χ2v) is 17.4. The molecule has 0 aliphatic carbocycles. The van der Waals surface area contributed by atoms with E-state index in [4.69, 9.17) is 0 Å². The van der Waals surface area contributed by atoms with Gasteiger partial charge in [0, 0.05) is 0 Å². The Kier molecular flexibility index (Phi) is 10.0. The van der Waals surface area contributed by atoms with Crippen molar-refractivity contribution in [2.24, 2.45) is 0 Å². The molecule has 2 nitrogen and oxygen atoms in total. The van der Waals surface area contributed by atoms with Crippen LogP contribution in [0.2, 0.25) is 31.7 Å². The fourth-order valence-corrected chi connectivity index (χ4v) is 6.68. The smallest absolute Gasteiger partial charge is 0.202 e. The first kappa shape index (κ1) is 21.1. The molecule has 0 aromatic heterocycles. The van der Waals surface area contributed by atoms with Gasteiger partial charge in [-0.15, -0.1) is 12.3 Å². The SMILES string of the molecule is C=C[Si](C)(C)CCCCCCCC[Si](C)(N(C)C)N(C)C. The summed E-state index contributed by atoms with van der Waals surface area (Å²) in [5, 5.41) is 0. The molecule has 0 saturated heterocycles. The summed E-state index contributed by atoms with van der Waals surface area (Å²) < 4.78 is 4.96. The lowest BCUT2D eigenvalue weighted by Gasteiger charge is -2.39. The zero-order chi connectivity index (χ0) is 16.5. The third kappa shape index (κ3) is 8.33. The van der Waals surface area contributed by atoms with Gasteiger partial charge in [-0.3, -0.25) is 0 Å². The highest BCUT2D eigenvalue weighted by atomic mass is 28.3. The van der Waals surface area contributed by atoms with E-state index in [9.17, 15) is 0 Å². The zero-order valence-corrected chi connectivity index (χ0v) is 17.8. The Hall–Kier alpha value is 0.0938. The molecule has 0 aromatic rings. The number of unbranched alkanes of at least 4 members (excludes halogenated alkanes) is 5. The Morgan fingerprint density at radius 2 is 1.10 bits per heavy atom. The highest BCUT2D eigenvalue weighted by Gasteiger charge is 2.32. The Labute approximate surface area is 136 Å². The minimum atomic E-state index is -1.35. The predicted octanol–water partition coefficient (Wildman–Crippen LogP) is 4.96. The van der Waals surface area contributed by atoms with Gasteiger partial charge in [0.1, 0.15) is 0 Å². The Bertz CT molecular complexity index is 281. The average molecular weight is 329 g/mol. The molecule has 0 aliphatic heterocycles. The third-order valence-corrected chi connectivity index (χ3v) is 13.1. The second kappa shape index (κ2) is 9.98. The standard InChI is InChI=1S/C17H40N2Si2/c1-9-20(6,7)16-14-12-10-11-13-15-17-21(8,18(2)3)19(4)5/h9H,1,10-17H2,2-8H3. The van der Waals surface area contributed by atoms with E-state index in [2.05, 4.69) is 69.2 Å². The molecule has 0 amide bonds. The van der Waals surface area contributed by atoms with Gasteiger partial charge in [0.15, 0.2) is 0 Å². The highest BCUT2D eigenvalue weighted by molar-refractivity contribution is 6.82. The van der Waals surface area contributed by atoms with Crippen molar-refractivity contribution in [2.75, 3.05) is 28.2 Å². The molecule has 126 valence electrons. The molecule has 21 heavy (non-hydrogen) atoms. The Morgan fingerprint density at radius 1 is 0.714 bits per heavy atom. The van der Waals surface area contributed by atoms with Crippen LogP contribution in [0.4, 0.5) is 0 Å². The van der Waals surface area contributed by atoms with Crippen LogP contribution < -0.4 is 0 Å². The lowest BCUT2D eigenvalue weighted by molar-refractivity contribution is 0.476. The van der Waals surface area contributed by atoms with Crippen molar-refractivity contribution in [2.45, 2.75) is 70.3 Å². The normalized spacial score (nSPS) is 13.2. The van der Waals surface area contributed by atoms with Crippen LogP contribution in [0.1, 0.15) is 38.5 Å². The maximum Gasteiger partial charge on any atom is 0.202 e. The first-order valence-corrected chi connectivity index (χ1v) is 14.5. The van der Waals surface area contributed by atoms with Gasteiger partial charge in [-0.05, 0) is 40.8 Å². The number of nitrogens with zero attached hydrogens (tertiary/aromatic N) is 2. The molecule has 0 aliphatic rings. The van der Waals surface area contributed by atoms with Crippen molar-refractivity contribution < 1.29 is 0 Å². The van der Waals surface area contributed by atoms with E-state index in [-0.39, 0.29) is 0 Å². The van der Waals surface area contributed by atoms with E-state index < -0.39 is 16.5 Å². The summed E-state index contributed by atoms with van der Waals surface area (Å²) in [7, 11) is 6.60. The van der Waals surface area contributed by atoms with Gasteiger partial charge in [0.05, 0.1) is 8.07 Å². The number of hydrogen-bond donors (Lipinski definition) is 0. The van der Waals surface area contributed by atoms with Crippen molar-refractivity contribution in [3.8, 4) is 0 Å². The molecule has 0 N–H and O–H groups in total. The van der Waals surface area contributed by atoms with Crippen molar-refractivity contribution in [1.82, 2.24) is 9.13 Å². The first-order valence-electron chi connectivity index (χ1n) is 8.64. The van der Waals surface area contributed by atoms with Crippen LogP contribution in [-0.2, 0) is 0 Å². The summed E-state index contributed by atoms with van der Waals surface area (Å²) in [6.07, 6.45) is 8.47. The average Bonchev–Trinajstić information content (AvgIpc) is 2.40. The highest BCUT2D eigenvalue weighted by Crippen LogP contribution is 2.21.